The molecule has 18 heavy (non-hydrogen) atoms. The van der Waals surface area contributed by atoms with Crippen molar-refractivity contribution >= 4 is 21.7 Å². The van der Waals surface area contributed by atoms with Crippen molar-refractivity contribution in [3.05, 3.63) is 34.1 Å². The zero-order chi connectivity index (χ0) is 13.2. The van der Waals surface area contributed by atoms with Crippen molar-refractivity contribution in [2.45, 2.75) is 18.4 Å². The molecule has 1 aromatic rings. The molecule has 0 bridgehead atoms. The first-order valence-electron chi connectivity index (χ1n) is 5.72. The molecule has 1 aliphatic rings. The van der Waals surface area contributed by atoms with E-state index < -0.39 is 11.4 Å². The highest BCUT2D eigenvalue weighted by atomic mass is 79.9. The van der Waals surface area contributed by atoms with Crippen LogP contribution in [0.15, 0.2) is 22.7 Å². The van der Waals surface area contributed by atoms with E-state index in [1.165, 1.54) is 19.2 Å². The van der Waals surface area contributed by atoms with Gasteiger partial charge in [-0.15, -0.1) is 0 Å². The van der Waals surface area contributed by atoms with Crippen LogP contribution < -0.4 is 0 Å². The van der Waals surface area contributed by atoms with Crippen LogP contribution in [0.2, 0.25) is 0 Å². The summed E-state index contributed by atoms with van der Waals surface area (Å²) in [6, 6.07) is 4.34. The average molecular weight is 317 g/mol. The molecule has 5 heteroatoms. The lowest BCUT2D eigenvalue weighted by atomic mass is 9.85. The van der Waals surface area contributed by atoms with Crippen molar-refractivity contribution in [1.82, 2.24) is 0 Å². The van der Waals surface area contributed by atoms with E-state index in [-0.39, 0.29) is 11.3 Å². The highest BCUT2D eigenvalue weighted by Crippen LogP contribution is 2.30. The third-order valence-corrected chi connectivity index (χ3v) is 3.77. The van der Waals surface area contributed by atoms with Gasteiger partial charge in [-0.25, -0.2) is 4.39 Å². The van der Waals surface area contributed by atoms with Crippen LogP contribution in [0.3, 0.4) is 0 Å². The van der Waals surface area contributed by atoms with Crippen LogP contribution in [-0.2, 0) is 9.47 Å². The minimum atomic E-state index is -0.958. The smallest absolute Gasteiger partial charge is 0.197 e. The molecule has 0 atom stereocenters. The predicted octanol–water partition coefficient (Wildman–Crippen LogP) is 2.97. The molecule has 0 radical (unpaired) electrons. The number of carbonyl (C=O) groups is 1. The molecule has 0 spiro atoms. The summed E-state index contributed by atoms with van der Waals surface area (Å²) in [5.41, 5.74) is -0.895. The summed E-state index contributed by atoms with van der Waals surface area (Å²) in [5.74, 6) is -0.835. The number of hydrogen-bond acceptors (Lipinski definition) is 3. The summed E-state index contributed by atoms with van der Waals surface area (Å²) < 4.78 is 25.0. The fraction of sp³-hybridized carbons (Fsp3) is 0.462. The lowest BCUT2D eigenvalue weighted by molar-refractivity contribution is -0.0664. The van der Waals surface area contributed by atoms with Gasteiger partial charge in [-0.2, -0.15) is 0 Å². The van der Waals surface area contributed by atoms with Gasteiger partial charge in [-0.1, -0.05) is 15.9 Å². The van der Waals surface area contributed by atoms with Crippen LogP contribution in [0.5, 0.6) is 0 Å². The molecule has 0 N–H and O–H groups in total. The van der Waals surface area contributed by atoms with Crippen molar-refractivity contribution < 1.29 is 18.7 Å². The van der Waals surface area contributed by atoms with Crippen molar-refractivity contribution in [1.29, 1.82) is 0 Å². The molecule has 0 amide bonds. The zero-order valence-electron chi connectivity index (χ0n) is 10.0. The number of carbonyl (C=O) groups excluding carboxylic acids is 1. The number of Topliss-reactive ketones (excluding diaryl/α,β-unsaturated/α-hetero) is 1. The Labute approximate surface area is 113 Å². The first kappa shape index (κ1) is 13.6. The molecule has 1 aromatic carbocycles. The van der Waals surface area contributed by atoms with E-state index in [9.17, 15) is 9.18 Å². The minimum absolute atomic E-state index is 0.0631. The normalized spacial score (nSPS) is 18.6. The Morgan fingerprint density at radius 1 is 1.44 bits per heavy atom. The number of methoxy groups -OCH3 is 1. The maximum absolute atomic E-state index is 13.8. The van der Waals surface area contributed by atoms with Gasteiger partial charge in [0.1, 0.15) is 11.4 Å². The second-order valence-electron chi connectivity index (χ2n) is 4.26. The van der Waals surface area contributed by atoms with Gasteiger partial charge in [-0.05, 0) is 18.2 Å². The molecule has 0 saturated carbocycles. The number of halogens is 2. The van der Waals surface area contributed by atoms with Gasteiger partial charge in [0.2, 0.25) is 0 Å². The largest absolute Gasteiger partial charge is 0.381 e. The lowest BCUT2D eigenvalue weighted by Crippen LogP contribution is -2.46. The van der Waals surface area contributed by atoms with Crippen LogP contribution in [0.4, 0.5) is 4.39 Å². The fourth-order valence-corrected chi connectivity index (χ4v) is 2.50. The molecule has 1 heterocycles. The van der Waals surface area contributed by atoms with Gasteiger partial charge in [0.15, 0.2) is 5.78 Å². The van der Waals surface area contributed by atoms with E-state index in [1.54, 1.807) is 6.07 Å². The van der Waals surface area contributed by atoms with Gasteiger partial charge in [0.25, 0.3) is 0 Å². The molecule has 1 saturated heterocycles. The van der Waals surface area contributed by atoms with E-state index in [0.717, 1.165) is 0 Å². The summed E-state index contributed by atoms with van der Waals surface area (Å²) in [4.78, 5) is 12.5. The Morgan fingerprint density at radius 2 is 2.11 bits per heavy atom. The number of ketones is 1. The Morgan fingerprint density at radius 3 is 2.72 bits per heavy atom. The van der Waals surface area contributed by atoms with E-state index in [0.29, 0.717) is 30.5 Å². The molecule has 0 unspecified atom stereocenters. The minimum Gasteiger partial charge on any atom is -0.381 e. The van der Waals surface area contributed by atoms with Crippen LogP contribution >= 0.6 is 15.9 Å². The fourth-order valence-electron chi connectivity index (χ4n) is 2.14. The van der Waals surface area contributed by atoms with E-state index >= 15 is 0 Å². The van der Waals surface area contributed by atoms with E-state index in [4.69, 9.17) is 9.47 Å². The first-order valence-corrected chi connectivity index (χ1v) is 6.51. The van der Waals surface area contributed by atoms with Gasteiger partial charge >= 0.3 is 0 Å². The van der Waals surface area contributed by atoms with Gasteiger partial charge in [0, 0.05) is 37.6 Å². The third-order valence-electron chi connectivity index (χ3n) is 3.28. The van der Waals surface area contributed by atoms with Gasteiger partial charge < -0.3 is 9.47 Å². The number of ether oxygens (including phenoxy) is 2. The lowest BCUT2D eigenvalue weighted by Gasteiger charge is -2.34. The summed E-state index contributed by atoms with van der Waals surface area (Å²) in [6.45, 7) is 0.907. The molecular weight excluding hydrogens is 303 g/mol. The summed E-state index contributed by atoms with van der Waals surface area (Å²) >= 11 is 3.24. The second kappa shape index (κ2) is 5.47. The standard InChI is InChI=1S/C13H14BrFO3/c1-17-13(4-6-18-7-5-13)12(16)10-8-9(14)2-3-11(10)15/h2-3,8H,4-7H2,1H3. The highest BCUT2D eigenvalue weighted by molar-refractivity contribution is 9.10. The number of hydrogen-bond donors (Lipinski definition) is 0. The molecule has 98 valence electrons. The molecule has 1 aliphatic heterocycles. The van der Waals surface area contributed by atoms with Crippen molar-refractivity contribution in [2.75, 3.05) is 20.3 Å². The molecule has 3 nitrogen and oxygen atoms in total. The maximum atomic E-state index is 13.8. The Bertz CT molecular complexity index is 456. The van der Waals surface area contributed by atoms with Crippen LogP contribution in [0, 0.1) is 5.82 Å². The van der Waals surface area contributed by atoms with Gasteiger partial charge in [0.05, 0.1) is 5.56 Å². The van der Waals surface area contributed by atoms with Gasteiger partial charge in [-0.3, -0.25) is 4.79 Å². The predicted molar refractivity (Wildman–Crippen MR) is 68.2 cm³/mol. The first-order chi connectivity index (χ1) is 8.59. The maximum Gasteiger partial charge on any atom is 0.197 e. The third kappa shape index (κ3) is 2.48. The van der Waals surface area contributed by atoms with E-state index in [1.807, 2.05) is 0 Å². The molecule has 1 fully saturated rings. The van der Waals surface area contributed by atoms with Crippen molar-refractivity contribution in [2.24, 2.45) is 0 Å². The van der Waals surface area contributed by atoms with Crippen LogP contribution in [0.1, 0.15) is 23.2 Å². The SMILES string of the molecule is COC1(C(=O)c2cc(Br)ccc2F)CCOCC1. The topological polar surface area (TPSA) is 35.5 Å². The molecular formula is C13H14BrFO3. The molecule has 0 aliphatic carbocycles. The monoisotopic (exact) mass is 316 g/mol. The quantitative estimate of drug-likeness (QED) is 0.804. The number of rotatable bonds is 3. The van der Waals surface area contributed by atoms with Crippen molar-refractivity contribution in [3.8, 4) is 0 Å². The van der Waals surface area contributed by atoms with Crippen LogP contribution in [-0.4, -0.2) is 31.7 Å². The highest BCUT2D eigenvalue weighted by Gasteiger charge is 2.41. The Hall–Kier alpha value is -0.780. The van der Waals surface area contributed by atoms with Crippen molar-refractivity contribution in [3.63, 3.8) is 0 Å². The van der Waals surface area contributed by atoms with Crippen LogP contribution in [0.25, 0.3) is 0 Å². The Kier molecular flexibility index (Phi) is 4.14. The average Bonchev–Trinajstić information content (AvgIpc) is 2.41. The Balaban J connectivity index is 2.36. The summed E-state index contributed by atoms with van der Waals surface area (Å²) in [7, 11) is 1.49. The zero-order valence-corrected chi connectivity index (χ0v) is 11.6. The second-order valence-corrected chi connectivity index (χ2v) is 5.18. The molecule has 0 aromatic heterocycles. The summed E-state index contributed by atoms with van der Waals surface area (Å²) in [5, 5.41) is 0. The number of benzene rings is 1. The summed E-state index contributed by atoms with van der Waals surface area (Å²) in [6.07, 6.45) is 0.905. The molecule has 2 rings (SSSR count). The van der Waals surface area contributed by atoms with E-state index in [2.05, 4.69) is 15.9 Å².